The molecule has 15 heavy (non-hydrogen) atoms. The first kappa shape index (κ1) is 10.7. The Morgan fingerprint density at radius 1 is 1.67 bits per heavy atom. The summed E-state index contributed by atoms with van der Waals surface area (Å²) in [7, 11) is 0. The molecule has 0 radical (unpaired) electrons. The lowest BCUT2D eigenvalue weighted by atomic mass is 10.3. The van der Waals surface area contributed by atoms with Crippen molar-refractivity contribution in [2.24, 2.45) is 0 Å². The van der Waals surface area contributed by atoms with Crippen molar-refractivity contribution < 1.29 is 4.79 Å². The van der Waals surface area contributed by atoms with Crippen LogP contribution < -0.4 is 10.6 Å². The number of hydrogen-bond acceptors (Lipinski definition) is 4. The highest BCUT2D eigenvalue weighted by atomic mass is 35.5. The van der Waals surface area contributed by atoms with Crippen molar-refractivity contribution in [3.63, 3.8) is 0 Å². The topological polar surface area (TPSA) is 54.0 Å². The molecular weight excluding hydrogens is 234 g/mol. The van der Waals surface area contributed by atoms with Gasteiger partial charge >= 0.3 is 0 Å². The van der Waals surface area contributed by atoms with Gasteiger partial charge in [-0.1, -0.05) is 11.6 Å². The van der Waals surface area contributed by atoms with Crippen LogP contribution in [-0.4, -0.2) is 28.6 Å². The van der Waals surface area contributed by atoms with Gasteiger partial charge in [-0.2, -0.15) is 0 Å². The average Bonchev–Trinajstić information content (AvgIpc) is 2.74. The maximum atomic E-state index is 11.7. The van der Waals surface area contributed by atoms with Crippen LogP contribution in [0.2, 0.25) is 5.15 Å². The number of halogens is 1. The highest BCUT2D eigenvalue weighted by molar-refractivity contribution is 7.99. The number of pyridine rings is 1. The van der Waals surface area contributed by atoms with Crippen LogP contribution >= 0.6 is 23.4 Å². The predicted molar refractivity (Wildman–Crippen MR) is 62.1 cm³/mol. The average molecular weight is 244 g/mol. The number of aromatic nitrogens is 1. The van der Waals surface area contributed by atoms with Gasteiger partial charge in [-0.05, 0) is 12.1 Å². The van der Waals surface area contributed by atoms with Gasteiger partial charge in [0.1, 0.15) is 5.15 Å². The fourth-order valence-corrected chi connectivity index (χ4v) is 2.30. The molecule has 1 aliphatic heterocycles. The number of anilines is 1. The van der Waals surface area contributed by atoms with E-state index in [9.17, 15) is 4.79 Å². The van der Waals surface area contributed by atoms with E-state index in [-0.39, 0.29) is 11.9 Å². The van der Waals surface area contributed by atoms with Crippen molar-refractivity contribution in [3.8, 4) is 0 Å². The Kier molecular flexibility index (Phi) is 3.45. The summed E-state index contributed by atoms with van der Waals surface area (Å²) < 4.78 is 0. The van der Waals surface area contributed by atoms with Gasteiger partial charge < -0.3 is 5.32 Å². The number of carbonyl (C=O) groups is 1. The van der Waals surface area contributed by atoms with Crippen LogP contribution in [-0.2, 0) is 4.79 Å². The molecule has 2 rings (SSSR count). The minimum absolute atomic E-state index is 0.0240. The molecule has 1 amide bonds. The van der Waals surface area contributed by atoms with Crippen LogP contribution in [0.5, 0.6) is 0 Å². The Balaban J connectivity index is 1.96. The van der Waals surface area contributed by atoms with Crippen molar-refractivity contribution in [1.29, 1.82) is 0 Å². The molecule has 1 unspecified atom stereocenters. The van der Waals surface area contributed by atoms with Crippen LogP contribution in [0.1, 0.15) is 0 Å². The fraction of sp³-hybridized carbons (Fsp3) is 0.333. The van der Waals surface area contributed by atoms with E-state index in [1.54, 1.807) is 30.1 Å². The minimum Gasteiger partial charge on any atom is -0.323 e. The van der Waals surface area contributed by atoms with Gasteiger partial charge in [0.05, 0.1) is 17.9 Å². The zero-order valence-electron chi connectivity index (χ0n) is 7.87. The first-order valence-corrected chi connectivity index (χ1v) is 6.02. The van der Waals surface area contributed by atoms with Gasteiger partial charge in [0, 0.05) is 11.6 Å². The van der Waals surface area contributed by atoms with Crippen LogP contribution in [0.4, 0.5) is 5.69 Å². The van der Waals surface area contributed by atoms with Gasteiger partial charge in [-0.15, -0.1) is 11.8 Å². The van der Waals surface area contributed by atoms with E-state index < -0.39 is 0 Å². The number of hydrogen-bond donors (Lipinski definition) is 2. The molecule has 0 spiro atoms. The summed E-state index contributed by atoms with van der Waals surface area (Å²) in [6.45, 7) is 0. The second-order valence-corrected chi connectivity index (χ2v) is 4.55. The Labute approximate surface area is 96.8 Å². The lowest BCUT2D eigenvalue weighted by Gasteiger charge is -2.09. The Hall–Kier alpha value is -0.780. The maximum absolute atomic E-state index is 11.7. The smallest absolute Gasteiger partial charge is 0.242 e. The standard InChI is InChI=1S/C9H10ClN3OS/c10-8-2-1-6(3-11-8)13-9(14)7-4-15-5-12-7/h1-3,7,12H,4-5H2,(H,13,14). The zero-order chi connectivity index (χ0) is 10.7. The van der Waals surface area contributed by atoms with E-state index in [2.05, 4.69) is 15.6 Å². The van der Waals surface area contributed by atoms with Gasteiger partial charge in [0.25, 0.3) is 0 Å². The molecule has 1 saturated heterocycles. The molecule has 1 aromatic rings. The molecule has 4 nitrogen and oxygen atoms in total. The molecule has 1 atom stereocenters. The minimum atomic E-state index is -0.106. The van der Waals surface area contributed by atoms with Crippen molar-refractivity contribution in [3.05, 3.63) is 23.5 Å². The van der Waals surface area contributed by atoms with E-state index >= 15 is 0 Å². The third-order valence-electron chi connectivity index (χ3n) is 2.03. The van der Waals surface area contributed by atoms with E-state index in [0.717, 1.165) is 11.6 Å². The van der Waals surface area contributed by atoms with Crippen molar-refractivity contribution in [2.45, 2.75) is 6.04 Å². The second kappa shape index (κ2) is 4.83. The monoisotopic (exact) mass is 243 g/mol. The predicted octanol–water partition coefficient (Wildman–Crippen LogP) is 1.34. The van der Waals surface area contributed by atoms with Crippen molar-refractivity contribution in [1.82, 2.24) is 10.3 Å². The number of amides is 1. The van der Waals surface area contributed by atoms with Crippen LogP contribution in [0.15, 0.2) is 18.3 Å². The lowest BCUT2D eigenvalue weighted by molar-refractivity contribution is -0.117. The molecule has 2 N–H and O–H groups in total. The molecule has 1 fully saturated rings. The number of nitrogens with zero attached hydrogens (tertiary/aromatic N) is 1. The van der Waals surface area contributed by atoms with E-state index in [0.29, 0.717) is 10.8 Å². The zero-order valence-corrected chi connectivity index (χ0v) is 9.44. The lowest BCUT2D eigenvalue weighted by Crippen LogP contribution is -2.37. The summed E-state index contributed by atoms with van der Waals surface area (Å²) in [5, 5.41) is 6.29. The number of rotatable bonds is 2. The summed E-state index contributed by atoms with van der Waals surface area (Å²) in [5.41, 5.74) is 0.670. The number of nitrogens with one attached hydrogen (secondary N) is 2. The maximum Gasteiger partial charge on any atom is 0.242 e. The van der Waals surface area contributed by atoms with Gasteiger partial charge in [-0.3, -0.25) is 10.1 Å². The van der Waals surface area contributed by atoms with Crippen molar-refractivity contribution in [2.75, 3.05) is 16.9 Å². The van der Waals surface area contributed by atoms with Crippen LogP contribution in [0.25, 0.3) is 0 Å². The molecule has 80 valence electrons. The largest absolute Gasteiger partial charge is 0.323 e. The highest BCUT2D eigenvalue weighted by Gasteiger charge is 2.22. The van der Waals surface area contributed by atoms with E-state index in [4.69, 9.17) is 11.6 Å². The molecule has 0 aliphatic carbocycles. The summed E-state index contributed by atoms with van der Waals surface area (Å²) in [5.74, 6) is 1.62. The van der Waals surface area contributed by atoms with Gasteiger partial charge in [0.15, 0.2) is 0 Å². The van der Waals surface area contributed by atoms with Gasteiger partial charge in [-0.25, -0.2) is 4.98 Å². The van der Waals surface area contributed by atoms with Gasteiger partial charge in [0.2, 0.25) is 5.91 Å². The third-order valence-corrected chi connectivity index (χ3v) is 3.19. The fourth-order valence-electron chi connectivity index (χ4n) is 1.24. The molecule has 6 heteroatoms. The Bertz CT molecular complexity index is 351. The number of thioether (sulfide) groups is 1. The van der Waals surface area contributed by atoms with Crippen molar-refractivity contribution >= 4 is 35.0 Å². The summed E-state index contributed by atoms with van der Waals surface area (Å²) in [6, 6.07) is 3.27. The molecule has 0 saturated carbocycles. The first-order valence-electron chi connectivity index (χ1n) is 4.49. The van der Waals surface area contributed by atoms with E-state index in [1.165, 1.54) is 0 Å². The highest BCUT2D eigenvalue weighted by Crippen LogP contribution is 2.13. The van der Waals surface area contributed by atoms with Crippen LogP contribution in [0.3, 0.4) is 0 Å². The Morgan fingerprint density at radius 3 is 3.13 bits per heavy atom. The van der Waals surface area contributed by atoms with Crippen LogP contribution in [0, 0.1) is 0 Å². The molecule has 1 aliphatic rings. The first-order chi connectivity index (χ1) is 7.25. The SMILES string of the molecule is O=C(Nc1ccc(Cl)nc1)C1CSCN1. The molecule has 0 bridgehead atoms. The third kappa shape index (κ3) is 2.84. The molecule has 2 heterocycles. The quantitative estimate of drug-likeness (QED) is 0.770. The Morgan fingerprint density at radius 2 is 2.53 bits per heavy atom. The summed E-state index contributed by atoms with van der Waals surface area (Å²) in [4.78, 5) is 15.5. The molecular formula is C9H10ClN3OS. The molecule has 0 aromatic carbocycles. The molecule has 1 aromatic heterocycles. The van der Waals surface area contributed by atoms with E-state index in [1.807, 2.05) is 0 Å². The second-order valence-electron chi connectivity index (χ2n) is 3.13. The number of carbonyl (C=O) groups excluding carboxylic acids is 1. The summed E-state index contributed by atoms with van der Waals surface area (Å²) >= 11 is 7.35. The normalized spacial score (nSPS) is 20.2. The summed E-state index contributed by atoms with van der Waals surface area (Å²) in [6.07, 6.45) is 1.54.